The zero-order chi connectivity index (χ0) is 9.97. The SMILES string of the molecule is [CH2]c1cccc(-c2ccc(C)cc2)c1. The van der Waals surface area contributed by atoms with Gasteiger partial charge in [0.2, 0.25) is 0 Å². The molecule has 0 aliphatic carbocycles. The van der Waals surface area contributed by atoms with Crippen LogP contribution in [0.3, 0.4) is 0 Å². The maximum atomic E-state index is 3.92. The van der Waals surface area contributed by atoms with Crippen LogP contribution in [0, 0.1) is 13.8 Å². The van der Waals surface area contributed by atoms with Crippen molar-refractivity contribution in [3.8, 4) is 11.1 Å². The van der Waals surface area contributed by atoms with Crippen LogP contribution in [0.1, 0.15) is 11.1 Å². The summed E-state index contributed by atoms with van der Waals surface area (Å²) in [5.41, 5.74) is 4.83. The molecule has 0 atom stereocenters. The summed E-state index contributed by atoms with van der Waals surface area (Å²) in [5, 5.41) is 0. The summed E-state index contributed by atoms with van der Waals surface area (Å²) in [6.45, 7) is 6.02. The van der Waals surface area contributed by atoms with Gasteiger partial charge in [-0.1, -0.05) is 54.1 Å². The number of benzene rings is 2. The van der Waals surface area contributed by atoms with Crippen molar-refractivity contribution in [1.82, 2.24) is 0 Å². The zero-order valence-electron chi connectivity index (χ0n) is 8.33. The Morgan fingerprint density at radius 1 is 0.857 bits per heavy atom. The first kappa shape index (κ1) is 9.01. The minimum Gasteiger partial charge on any atom is -0.0614 e. The molecule has 0 aromatic heterocycles. The Bertz CT molecular complexity index is 424. The van der Waals surface area contributed by atoms with Crippen LogP contribution in [0.4, 0.5) is 0 Å². The van der Waals surface area contributed by atoms with Gasteiger partial charge >= 0.3 is 0 Å². The van der Waals surface area contributed by atoms with Gasteiger partial charge < -0.3 is 0 Å². The molecule has 0 saturated carbocycles. The summed E-state index contributed by atoms with van der Waals surface area (Å²) in [4.78, 5) is 0. The number of rotatable bonds is 1. The Balaban J connectivity index is 2.44. The molecule has 0 nitrogen and oxygen atoms in total. The Morgan fingerprint density at radius 3 is 2.21 bits per heavy atom. The third-order valence-corrected chi connectivity index (χ3v) is 2.31. The van der Waals surface area contributed by atoms with E-state index < -0.39 is 0 Å². The van der Waals surface area contributed by atoms with E-state index in [0.29, 0.717) is 0 Å². The van der Waals surface area contributed by atoms with E-state index in [9.17, 15) is 0 Å². The molecule has 0 N–H and O–H groups in total. The highest BCUT2D eigenvalue weighted by Gasteiger charge is 1.96. The average Bonchev–Trinajstić information content (AvgIpc) is 2.19. The minimum absolute atomic E-state index is 1.06. The summed E-state index contributed by atoms with van der Waals surface area (Å²) >= 11 is 0. The van der Waals surface area contributed by atoms with Gasteiger partial charge in [0.25, 0.3) is 0 Å². The van der Waals surface area contributed by atoms with E-state index in [1.54, 1.807) is 0 Å². The predicted octanol–water partition coefficient (Wildman–Crippen LogP) is 3.84. The lowest BCUT2D eigenvalue weighted by molar-refractivity contribution is 1.47. The zero-order valence-corrected chi connectivity index (χ0v) is 8.33. The predicted molar refractivity (Wildman–Crippen MR) is 61.1 cm³/mol. The van der Waals surface area contributed by atoms with Crippen LogP contribution in [0.25, 0.3) is 11.1 Å². The third kappa shape index (κ3) is 1.85. The largest absolute Gasteiger partial charge is 0.0614 e. The van der Waals surface area contributed by atoms with E-state index in [1.807, 2.05) is 12.1 Å². The first-order chi connectivity index (χ1) is 6.75. The van der Waals surface area contributed by atoms with Crippen LogP contribution >= 0.6 is 0 Å². The topological polar surface area (TPSA) is 0 Å². The summed E-state index contributed by atoms with van der Waals surface area (Å²) in [7, 11) is 0. The van der Waals surface area contributed by atoms with Gasteiger partial charge in [-0.25, -0.2) is 0 Å². The molecule has 1 radical (unpaired) electrons. The van der Waals surface area contributed by atoms with Crippen LogP contribution < -0.4 is 0 Å². The lowest BCUT2D eigenvalue weighted by Crippen LogP contribution is -1.79. The second-order valence-corrected chi connectivity index (χ2v) is 3.57. The second kappa shape index (κ2) is 3.67. The van der Waals surface area contributed by atoms with Crippen molar-refractivity contribution >= 4 is 0 Å². The molecule has 0 saturated heterocycles. The molecule has 0 aliphatic rings. The highest BCUT2D eigenvalue weighted by molar-refractivity contribution is 5.64. The highest BCUT2D eigenvalue weighted by Crippen LogP contribution is 2.20. The van der Waals surface area contributed by atoms with E-state index in [-0.39, 0.29) is 0 Å². The monoisotopic (exact) mass is 181 g/mol. The molecule has 14 heavy (non-hydrogen) atoms. The fourth-order valence-corrected chi connectivity index (χ4v) is 1.50. The number of aryl methyl sites for hydroxylation is 1. The molecule has 0 unspecified atom stereocenters. The number of hydrogen-bond donors (Lipinski definition) is 0. The van der Waals surface area contributed by atoms with E-state index in [4.69, 9.17) is 0 Å². The molecule has 0 spiro atoms. The highest BCUT2D eigenvalue weighted by atomic mass is 14.0. The van der Waals surface area contributed by atoms with Crippen LogP contribution in [-0.2, 0) is 0 Å². The molecule has 2 rings (SSSR count). The van der Waals surface area contributed by atoms with Gasteiger partial charge in [0.1, 0.15) is 0 Å². The smallest absolute Gasteiger partial charge is 0.0181 e. The Labute approximate surface area is 85.2 Å². The number of hydrogen-bond acceptors (Lipinski definition) is 0. The molecule has 2 aromatic rings. The molecule has 0 heterocycles. The Morgan fingerprint density at radius 2 is 1.57 bits per heavy atom. The maximum Gasteiger partial charge on any atom is -0.0181 e. The van der Waals surface area contributed by atoms with Crippen molar-refractivity contribution in [3.05, 3.63) is 66.6 Å². The molecule has 0 amide bonds. The lowest BCUT2D eigenvalue weighted by Gasteiger charge is -2.02. The minimum atomic E-state index is 1.06. The van der Waals surface area contributed by atoms with E-state index >= 15 is 0 Å². The summed E-state index contributed by atoms with van der Waals surface area (Å²) < 4.78 is 0. The molecular weight excluding hydrogens is 168 g/mol. The Hall–Kier alpha value is -1.56. The fourth-order valence-electron chi connectivity index (χ4n) is 1.50. The van der Waals surface area contributed by atoms with Gasteiger partial charge in [0.05, 0.1) is 0 Å². The molecule has 0 bridgehead atoms. The lowest BCUT2D eigenvalue weighted by atomic mass is 10.0. The van der Waals surface area contributed by atoms with Crippen LogP contribution in [-0.4, -0.2) is 0 Å². The first-order valence-corrected chi connectivity index (χ1v) is 4.75. The molecule has 0 heteroatoms. The standard InChI is InChI=1S/C14H13/c1-11-6-8-13(9-7-11)14-5-3-4-12(2)10-14/h3-10H,2H2,1H3. The molecule has 0 fully saturated rings. The van der Waals surface area contributed by atoms with Crippen molar-refractivity contribution in [2.45, 2.75) is 6.92 Å². The van der Waals surface area contributed by atoms with Crippen LogP contribution in [0.15, 0.2) is 48.5 Å². The van der Waals surface area contributed by atoms with Crippen molar-refractivity contribution in [1.29, 1.82) is 0 Å². The first-order valence-electron chi connectivity index (χ1n) is 4.75. The summed E-state index contributed by atoms with van der Waals surface area (Å²) in [6.07, 6.45) is 0. The third-order valence-electron chi connectivity index (χ3n) is 2.31. The van der Waals surface area contributed by atoms with Gasteiger partial charge in [0, 0.05) is 0 Å². The van der Waals surface area contributed by atoms with Gasteiger partial charge in [-0.3, -0.25) is 0 Å². The van der Waals surface area contributed by atoms with E-state index in [2.05, 4.69) is 50.2 Å². The van der Waals surface area contributed by atoms with Crippen molar-refractivity contribution in [2.75, 3.05) is 0 Å². The fraction of sp³-hybridized carbons (Fsp3) is 0.0714. The quantitative estimate of drug-likeness (QED) is 0.627. The van der Waals surface area contributed by atoms with Gasteiger partial charge in [-0.15, -0.1) is 0 Å². The van der Waals surface area contributed by atoms with Gasteiger partial charge in [-0.05, 0) is 30.5 Å². The van der Waals surface area contributed by atoms with Crippen molar-refractivity contribution < 1.29 is 0 Å². The van der Waals surface area contributed by atoms with E-state index in [1.165, 1.54) is 16.7 Å². The Kier molecular flexibility index (Phi) is 2.36. The summed E-state index contributed by atoms with van der Waals surface area (Å²) in [6, 6.07) is 16.8. The summed E-state index contributed by atoms with van der Waals surface area (Å²) in [5.74, 6) is 0. The van der Waals surface area contributed by atoms with E-state index in [0.717, 1.165) is 5.56 Å². The van der Waals surface area contributed by atoms with Gasteiger partial charge in [-0.2, -0.15) is 0 Å². The van der Waals surface area contributed by atoms with Crippen LogP contribution in [0.2, 0.25) is 0 Å². The van der Waals surface area contributed by atoms with Crippen LogP contribution in [0.5, 0.6) is 0 Å². The molecule has 0 aliphatic heterocycles. The average molecular weight is 181 g/mol. The second-order valence-electron chi connectivity index (χ2n) is 3.57. The van der Waals surface area contributed by atoms with Crippen molar-refractivity contribution in [3.63, 3.8) is 0 Å². The van der Waals surface area contributed by atoms with Crippen molar-refractivity contribution in [2.24, 2.45) is 0 Å². The molecular formula is C14H13. The molecule has 2 aromatic carbocycles. The van der Waals surface area contributed by atoms with Gasteiger partial charge in [0.15, 0.2) is 0 Å². The normalized spacial score (nSPS) is 10.1. The molecule has 69 valence electrons. The maximum absolute atomic E-state index is 3.92.